The van der Waals surface area contributed by atoms with E-state index in [1.54, 1.807) is 14.2 Å². The Kier molecular flexibility index (Phi) is 8.16. The van der Waals surface area contributed by atoms with Gasteiger partial charge in [0.05, 0.1) is 24.0 Å². The van der Waals surface area contributed by atoms with Gasteiger partial charge in [-0.1, -0.05) is 50.5 Å². The lowest BCUT2D eigenvalue weighted by atomic mass is 10.1. The molecule has 0 bridgehead atoms. The lowest BCUT2D eigenvalue weighted by molar-refractivity contribution is 0.418. The van der Waals surface area contributed by atoms with Crippen molar-refractivity contribution >= 4 is 45.3 Å². The number of hydrogen-bond acceptors (Lipinski definition) is 6. The monoisotopic (exact) mass is 552 g/mol. The molecule has 0 N–H and O–H groups in total. The number of aryl methyl sites for hydroxylation is 2. The van der Waals surface area contributed by atoms with Gasteiger partial charge in [0.1, 0.15) is 11.5 Å². The molecule has 0 atom stereocenters. The molecule has 0 amide bonds. The van der Waals surface area contributed by atoms with Gasteiger partial charge < -0.3 is 9.47 Å². The van der Waals surface area contributed by atoms with Gasteiger partial charge in [-0.25, -0.2) is 0 Å². The van der Waals surface area contributed by atoms with Crippen LogP contribution < -0.4 is 9.47 Å². The van der Waals surface area contributed by atoms with E-state index >= 15 is 0 Å². The summed E-state index contributed by atoms with van der Waals surface area (Å²) in [6, 6.07) is 11.3. The second-order valence-electron chi connectivity index (χ2n) is 9.04. The van der Waals surface area contributed by atoms with E-state index in [1.807, 2.05) is 45.3 Å². The zero-order chi connectivity index (χ0) is 25.1. The van der Waals surface area contributed by atoms with E-state index in [9.17, 15) is 0 Å². The minimum atomic E-state index is 0.349. The number of hydrogen-bond donors (Lipinski definition) is 0. The molecule has 0 fully saturated rings. The fraction of sp³-hybridized carbons (Fsp3) is 0.333. The van der Waals surface area contributed by atoms with Crippen molar-refractivity contribution < 1.29 is 9.47 Å². The zero-order valence-corrected chi connectivity index (χ0v) is 24.5. The summed E-state index contributed by atoms with van der Waals surface area (Å²) in [7, 11) is 3.55. The predicted molar refractivity (Wildman–Crippen MR) is 161 cm³/mol. The fourth-order valence-corrected chi connectivity index (χ4v) is 9.34. The standard InChI is InChI=1S/C30H32O2S4/c1-5-6-7-8-13-21-16-19(2)33-28(21)27-18-23(32-4)30(36-27)25-15-14-24(34-25)29-22(31-3)17-26(35-29)20-11-9-10-12-20/h9-12,14-18,20H,5-8,13H2,1-4H3. The SMILES string of the molecule is CCCCCCc1cc(C)sc1-c1cc(OC)c(-c2ccc(-c3sc(C4C=CC=C4)cc3OC)s2)s1. The van der Waals surface area contributed by atoms with Crippen molar-refractivity contribution in [3.05, 3.63) is 70.0 Å². The molecule has 0 spiro atoms. The number of allylic oxidation sites excluding steroid dienone is 4. The van der Waals surface area contributed by atoms with E-state index < -0.39 is 0 Å². The van der Waals surface area contributed by atoms with Crippen LogP contribution in [-0.2, 0) is 6.42 Å². The number of rotatable bonds is 11. The minimum absolute atomic E-state index is 0.349. The van der Waals surface area contributed by atoms with Gasteiger partial charge in [0.25, 0.3) is 0 Å². The van der Waals surface area contributed by atoms with Gasteiger partial charge in [-0.2, -0.15) is 0 Å². The van der Waals surface area contributed by atoms with Crippen LogP contribution >= 0.6 is 45.3 Å². The Labute approximate surface area is 230 Å². The first kappa shape index (κ1) is 25.5. The molecule has 4 aromatic rings. The smallest absolute Gasteiger partial charge is 0.138 e. The topological polar surface area (TPSA) is 18.5 Å². The third kappa shape index (κ3) is 5.28. The van der Waals surface area contributed by atoms with Crippen LogP contribution in [0.15, 0.2) is 54.6 Å². The maximum atomic E-state index is 5.88. The molecular weight excluding hydrogens is 521 g/mol. The van der Waals surface area contributed by atoms with Crippen molar-refractivity contribution in [1.82, 2.24) is 0 Å². The summed E-state index contributed by atoms with van der Waals surface area (Å²) in [6.45, 7) is 4.49. The first-order chi connectivity index (χ1) is 17.6. The highest BCUT2D eigenvalue weighted by atomic mass is 32.1. The van der Waals surface area contributed by atoms with Crippen molar-refractivity contribution in [2.75, 3.05) is 14.2 Å². The summed E-state index contributed by atoms with van der Waals surface area (Å²) in [5, 5.41) is 0. The summed E-state index contributed by atoms with van der Waals surface area (Å²) in [4.78, 5) is 10.3. The van der Waals surface area contributed by atoms with Crippen LogP contribution in [0.1, 0.15) is 53.8 Å². The predicted octanol–water partition coefficient (Wildman–Crippen LogP) is 10.6. The summed E-state index contributed by atoms with van der Waals surface area (Å²) in [5.41, 5.74) is 1.49. The number of methoxy groups -OCH3 is 2. The summed E-state index contributed by atoms with van der Waals surface area (Å²) >= 11 is 7.42. The molecule has 4 aromatic heterocycles. The molecule has 0 unspecified atom stereocenters. The second-order valence-corrected chi connectivity index (χ2v) is 13.5. The zero-order valence-electron chi connectivity index (χ0n) is 21.3. The Morgan fingerprint density at radius 3 is 2.11 bits per heavy atom. The number of ether oxygens (including phenoxy) is 2. The van der Waals surface area contributed by atoms with E-state index in [-0.39, 0.29) is 0 Å². The molecule has 188 valence electrons. The summed E-state index contributed by atoms with van der Waals surface area (Å²) in [5.74, 6) is 2.27. The Hall–Kier alpha value is -2.12. The van der Waals surface area contributed by atoms with Crippen molar-refractivity contribution in [3.8, 4) is 40.8 Å². The summed E-state index contributed by atoms with van der Waals surface area (Å²) in [6.07, 6.45) is 15.0. The lowest BCUT2D eigenvalue weighted by Crippen LogP contribution is -1.85. The quantitative estimate of drug-likeness (QED) is 0.172. The average molecular weight is 553 g/mol. The van der Waals surface area contributed by atoms with Crippen LogP contribution in [-0.4, -0.2) is 14.2 Å². The van der Waals surface area contributed by atoms with Crippen LogP contribution in [0.4, 0.5) is 0 Å². The van der Waals surface area contributed by atoms with E-state index in [0.717, 1.165) is 17.9 Å². The van der Waals surface area contributed by atoms with E-state index in [1.165, 1.54) is 70.3 Å². The van der Waals surface area contributed by atoms with Gasteiger partial charge in [-0.05, 0) is 49.6 Å². The number of thiophene rings is 4. The van der Waals surface area contributed by atoms with Crippen LogP contribution in [0.3, 0.4) is 0 Å². The molecule has 0 aromatic carbocycles. The van der Waals surface area contributed by atoms with Gasteiger partial charge in [-0.3, -0.25) is 0 Å². The third-order valence-electron chi connectivity index (χ3n) is 6.44. The summed E-state index contributed by atoms with van der Waals surface area (Å²) < 4.78 is 11.7. The molecule has 0 saturated carbocycles. The van der Waals surface area contributed by atoms with E-state index in [0.29, 0.717) is 5.92 Å². The molecule has 0 radical (unpaired) electrons. The highest BCUT2D eigenvalue weighted by Crippen LogP contribution is 2.51. The van der Waals surface area contributed by atoms with Gasteiger partial charge in [0, 0.05) is 41.2 Å². The maximum absolute atomic E-state index is 5.88. The van der Waals surface area contributed by atoms with Crippen LogP contribution in [0.2, 0.25) is 0 Å². The van der Waals surface area contributed by atoms with Crippen LogP contribution in [0, 0.1) is 6.92 Å². The molecule has 36 heavy (non-hydrogen) atoms. The van der Waals surface area contributed by atoms with Crippen LogP contribution in [0.25, 0.3) is 29.3 Å². The molecular formula is C30H32O2S4. The molecule has 1 aliphatic carbocycles. The third-order valence-corrected chi connectivity index (χ3v) is 11.5. The molecule has 4 heterocycles. The van der Waals surface area contributed by atoms with Crippen LogP contribution in [0.5, 0.6) is 11.5 Å². The van der Waals surface area contributed by atoms with E-state index in [2.05, 4.69) is 68.5 Å². The Balaban J connectivity index is 1.44. The molecule has 2 nitrogen and oxygen atoms in total. The molecule has 5 rings (SSSR count). The van der Waals surface area contributed by atoms with Crippen molar-refractivity contribution in [3.63, 3.8) is 0 Å². The Morgan fingerprint density at radius 1 is 0.722 bits per heavy atom. The second kappa shape index (κ2) is 11.5. The molecule has 6 heteroatoms. The van der Waals surface area contributed by atoms with E-state index in [4.69, 9.17) is 9.47 Å². The Morgan fingerprint density at radius 2 is 1.42 bits per heavy atom. The molecule has 1 aliphatic rings. The van der Waals surface area contributed by atoms with Gasteiger partial charge >= 0.3 is 0 Å². The van der Waals surface area contributed by atoms with Gasteiger partial charge in [0.2, 0.25) is 0 Å². The molecule has 0 aliphatic heterocycles. The van der Waals surface area contributed by atoms with Crippen molar-refractivity contribution in [2.45, 2.75) is 51.9 Å². The highest BCUT2D eigenvalue weighted by Gasteiger charge is 2.21. The molecule has 0 saturated heterocycles. The fourth-order valence-electron chi connectivity index (χ4n) is 4.60. The maximum Gasteiger partial charge on any atom is 0.138 e. The normalized spacial score (nSPS) is 13.2. The van der Waals surface area contributed by atoms with Crippen molar-refractivity contribution in [1.29, 1.82) is 0 Å². The largest absolute Gasteiger partial charge is 0.495 e. The highest BCUT2D eigenvalue weighted by molar-refractivity contribution is 7.29. The van der Waals surface area contributed by atoms with Gasteiger partial charge in [-0.15, -0.1) is 45.3 Å². The van der Waals surface area contributed by atoms with Crippen molar-refractivity contribution in [2.24, 2.45) is 0 Å². The van der Waals surface area contributed by atoms with Gasteiger partial charge in [0.15, 0.2) is 0 Å². The first-order valence-electron chi connectivity index (χ1n) is 12.5. The first-order valence-corrected chi connectivity index (χ1v) is 15.8. The Bertz CT molecular complexity index is 1370. The average Bonchev–Trinajstić information content (AvgIpc) is 3.70. The lowest BCUT2D eigenvalue weighted by Gasteiger charge is -2.02. The minimum Gasteiger partial charge on any atom is -0.495 e. The number of unbranched alkanes of at least 4 members (excludes halogenated alkanes) is 3.